The lowest BCUT2D eigenvalue weighted by Gasteiger charge is -2.11. The molecule has 0 atom stereocenters. The van der Waals surface area contributed by atoms with Gasteiger partial charge in [-0.2, -0.15) is 5.10 Å². The van der Waals surface area contributed by atoms with Crippen LogP contribution < -0.4 is 4.74 Å². The fourth-order valence-corrected chi connectivity index (χ4v) is 2.34. The van der Waals surface area contributed by atoms with Crippen LogP contribution in [0.3, 0.4) is 0 Å². The van der Waals surface area contributed by atoms with Crippen LogP contribution in [0.2, 0.25) is 0 Å². The van der Waals surface area contributed by atoms with Gasteiger partial charge in [0.05, 0.1) is 23.9 Å². The van der Waals surface area contributed by atoms with Gasteiger partial charge in [0.1, 0.15) is 5.75 Å². The van der Waals surface area contributed by atoms with Gasteiger partial charge in [-0.15, -0.1) is 0 Å². The summed E-state index contributed by atoms with van der Waals surface area (Å²) in [7, 11) is 3.39. The molecule has 0 N–H and O–H groups in total. The number of carbonyl (C=O) groups is 1. The van der Waals surface area contributed by atoms with Crippen LogP contribution in [-0.4, -0.2) is 22.7 Å². The minimum atomic E-state index is -0.0417. The second-order valence-electron chi connectivity index (χ2n) is 4.79. The number of aromatic nitrogens is 2. The van der Waals surface area contributed by atoms with Gasteiger partial charge >= 0.3 is 0 Å². The summed E-state index contributed by atoms with van der Waals surface area (Å²) in [4.78, 5) is 12.7. The molecule has 1 aromatic heterocycles. The molecule has 2 aromatic rings. The van der Waals surface area contributed by atoms with Crippen LogP contribution in [0.5, 0.6) is 5.75 Å². The zero-order valence-corrected chi connectivity index (χ0v) is 11.9. The molecule has 0 saturated heterocycles. The van der Waals surface area contributed by atoms with Crippen LogP contribution in [0, 0.1) is 20.8 Å². The average molecular weight is 258 g/mol. The van der Waals surface area contributed by atoms with Gasteiger partial charge in [-0.3, -0.25) is 9.48 Å². The van der Waals surface area contributed by atoms with Crippen LogP contribution >= 0.6 is 0 Å². The van der Waals surface area contributed by atoms with Gasteiger partial charge in [0, 0.05) is 13.2 Å². The molecule has 0 aliphatic carbocycles. The Balaban J connectivity index is 2.59. The van der Waals surface area contributed by atoms with Gasteiger partial charge in [-0.25, -0.2) is 0 Å². The topological polar surface area (TPSA) is 44.1 Å². The summed E-state index contributed by atoms with van der Waals surface area (Å²) in [6, 6.07) is 3.87. The molecular weight excluding hydrogens is 240 g/mol. The third-order valence-corrected chi connectivity index (χ3v) is 3.15. The van der Waals surface area contributed by atoms with Crippen molar-refractivity contribution in [2.75, 3.05) is 7.11 Å². The number of hydrogen-bond donors (Lipinski definition) is 0. The first kappa shape index (κ1) is 13.3. The van der Waals surface area contributed by atoms with E-state index in [1.807, 2.05) is 40.0 Å². The highest BCUT2D eigenvalue weighted by Crippen LogP contribution is 2.27. The Hall–Kier alpha value is -2.10. The lowest BCUT2D eigenvalue weighted by molar-refractivity contribution is 0.103. The van der Waals surface area contributed by atoms with Crippen molar-refractivity contribution in [2.24, 2.45) is 7.05 Å². The first-order chi connectivity index (χ1) is 8.93. The van der Waals surface area contributed by atoms with E-state index in [1.165, 1.54) is 0 Å². The molecule has 0 fully saturated rings. The van der Waals surface area contributed by atoms with E-state index in [9.17, 15) is 4.79 Å². The first-order valence-electron chi connectivity index (χ1n) is 6.14. The molecule has 0 aliphatic heterocycles. The number of hydrogen-bond acceptors (Lipinski definition) is 3. The minimum Gasteiger partial charge on any atom is -0.496 e. The van der Waals surface area contributed by atoms with Crippen molar-refractivity contribution < 1.29 is 9.53 Å². The average Bonchev–Trinajstić information content (AvgIpc) is 2.66. The molecule has 1 aromatic carbocycles. The summed E-state index contributed by atoms with van der Waals surface area (Å²) in [5, 5.41) is 4.22. The van der Waals surface area contributed by atoms with E-state index in [0.29, 0.717) is 16.9 Å². The van der Waals surface area contributed by atoms with Crippen molar-refractivity contribution in [1.82, 2.24) is 9.78 Å². The van der Waals surface area contributed by atoms with E-state index in [1.54, 1.807) is 18.0 Å². The second-order valence-corrected chi connectivity index (χ2v) is 4.79. The van der Waals surface area contributed by atoms with Crippen LogP contribution in [0.25, 0.3) is 0 Å². The van der Waals surface area contributed by atoms with E-state index in [-0.39, 0.29) is 5.78 Å². The molecule has 0 spiro atoms. The van der Waals surface area contributed by atoms with Crippen LogP contribution in [-0.2, 0) is 7.05 Å². The predicted octanol–water partition coefficient (Wildman–Crippen LogP) is 2.58. The van der Waals surface area contributed by atoms with Gasteiger partial charge in [-0.1, -0.05) is 6.07 Å². The van der Waals surface area contributed by atoms with Gasteiger partial charge < -0.3 is 4.74 Å². The number of ether oxygens (including phenoxy) is 1. The Morgan fingerprint density at radius 1 is 1.26 bits per heavy atom. The fraction of sp³-hybridized carbons (Fsp3) is 0.333. The number of carbonyl (C=O) groups excluding carboxylic acids is 1. The smallest absolute Gasteiger partial charge is 0.200 e. The third kappa shape index (κ3) is 2.38. The number of aryl methyl sites for hydroxylation is 4. The molecule has 0 radical (unpaired) electrons. The Bertz CT molecular complexity index is 642. The number of benzene rings is 1. The highest BCUT2D eigenvalue weighted by atomic mass is 16.5. The van der Waals surface area contributed by atoms with Gasteiger partial charge in [0.2, 0.25) is 0 Å². The Kier molecular flexibility index (Phi) is 3.42. The molecule has 0 unspecified atom stereocenters. The molecule has 2 rings (SSSR count). The van der Waals surface area contributed by atoms with Gasteiger partial charge in [0.25, 0.3) is 0 Å². The number of nitrogens with zero attached hydrogens (tertiary/aromatic N) is 2. The van der Waals surface area contributed by atoms with Crippen molar-refractivity contribution in [3.63, 3.8) is 0 Å². The summed E-state index contributed by atoms with van der Waals surface area (Å²) >= 11 is 0. The highest BCUT2D eigenvalue weighted by Gasteiger charge is 2.21. The van der Waals surface area contributed by atoms with Crippen LogP contribution in [0.15, 0.2) is 18.3 Å². The minimum absolute atomic E-state index is 0.0417. The SMILES string of the molecule is COc1cc(C)cc(C)c1C(=O)c1cn(C)nc1C. The normalized spacial score (nSPS) is 10.6. The van der Waals surface area contributed by atoms with Crippen LogP contribution in [0.1, 0.15) is 32.7 Å². The number of rotatable bonds is 3. The molecule has 0 aliphatic rings. The molecule has 19 heavy (non-hydrogen) atoms. The molecule has 4 nitrogen and oxygen atoms in total. The van der Waals surface area contributed by atoms with E-state index < -0.39 is 0 Å². The molecule has 0 amide bonds. The van der Waals surface area contributed by atoms with E-state index >= 15 is 0 Å². The maximum absolute atomic E-state index is 12.7. The van der Waals surface area contributed by atoms with Crippen molar-refractivity contribution in [2.45, 2.75) is 20.8 Å². The quantitative estimate of drug-likeness (QED) is 0.795. The van der Waals surface area contributed by atoms with Crippen LogP contribution in [0.4, 0.5) is 0 Å². The fourth-order valence-electron chi connectivity index (χ4n) is 2.34. The van der Waals surface area contributed by atoms with Gasteiger partial charge in [-0.05, 0) is 38.0 Å². The van der Waals surface area contributed by atoms with E-state index in [4.69, 9.17) is 4.74 Å². The predicted molar refractivity (Wildman–Crippen MR) is 73.8 cm³/mol. The molecule has 0 bridgehead atoms. The first-order valence-corrected chi connectivity index (χ1v) is 6.14. The molecular formula is C15H18N2O2. The monoisotopic (exact) mass is 258 g/mol. The second kappa shape index (κ2) is 4.88. The standard InChI is InChI=1S/C15H18N2O2/c1-9-6-10(2)14(13(7-9)19-5)15(18)12-8-17(4)16-11(12)3/h6-8H,1-5H3. The lowest BCUT2D eigenvalue weighted by Crippen LogP contribution is -2.07. The van der Waals surface area contributed by atoms with Gasteiger partial charge in [0.15, 0.2) is 5.78 Å². The number of methoxy groups -OCH3 is 1. The third-order valence-electron chi connectivity index (χ3n) is 3.15. The maximum Gasteiger partial charge on any atom is 0.200 e. The summed E-state index contributed by atoms with van der Waals surface area (Å²) in [5.41, 5.74) is 3.96. The van der Waals surface area contributed by atoms with Crippen molar-refractivity contribution in [1.29, 1.82) is 0 Å². The zero-order valence-electron chi connectivity index (χ0n) is 11.9. The summed E-state index contributed by atoms with van der Waals surface area (Å²) < 4.78 is 7.00. The molecule has 0 saturated carbocycles. The van der Waals surface area contributed by atoms with E-state index in [0.717, 1.165) is 16.8 Å². The summed E-state index contributed by atoms with van der Waals surface area (Å²) in [6.07, 6.45) is 1.75. The molecule has 4 heteroatoms. The highest BCUT2D eigenvalue weighted by molar-refractivity contribution is 6.12. The van der Waals surface area contributed by atoms with Crippen molar-refractivity contribution in [3.05, 3.63) is 46.3 Å². The molecule has 100 valence electrons. The zero-order chi connectivity index (χ0) is 14.2. The Morgan fingerprint density at radius 3 is 2.47 bits per heavy atom. The summed E-state index contributed by atoms with van der Waals surface area (Å²) in [5.74, 6) is 0.575. The molecule has 1 heterocycles. The maximum atomic E-state index is 12.7. The Morgan fingerprint density at radius 2 is 1.95 bits per heavy atom. The lowest BCUT2D eigenvalue weighted by atomic mass is 9.97. The van der Waals surface area contributed by atoms with E-state index in [2.05, 4.69) is 5.10 Å². The van der Waals surface area contributed by atoms with Crippen molar-refractivity contribution in [3.8, 4) is 5.75 Å². The number of ketones is 1. The van der Waals surface area contributed by atoms with Crippen molar-refractivity contribution >= 4 is 5.78 Å². The summed E-state index contributed by atoms with van der Waals surface area (Å²) in [6.45, 7) is 5.75. The Labute approximate surface area is 113 Å². The largest absolute Gasteiger partial charge is 0.496 e.